The highest BCUT2D eigenvalue weighted by atomic mass is 16.7. The van der Waals surface area contributed by atoms with Gasteiger partial charge in [0.15, 0.2) is 5.60 Å². The molecular formula is C29H26O9. The van der Waals surface area contributed by atoms with Crippen LogP contribution in [0.1, 0.15) is 46.3 Å². The fourth-order valence-electron chi connectivity index (χ4n) is 4.39. The molecule has 1 aliphatic heterocycles. The van der Waals surface area contributed by atoms with Gasteiger partial charge < -0.3 is 24.4 Å². The molecule has 196 valence electrons. The molecule has 0 amide bonds. The van der Waals surface area contributed by atoms with Gasteiger partial charge in [0.25, 0.3) is 0 Å². The van der Waals surface area contributed by atoms with Crippen molar-refractivity contribution < 1.29 is 45.0 Å². The first-order valence-electron chi connectivity index (χ1n) is 12.4. The molecule has 2 unspecified atom stereocenters. The molecule has 0 spiro atoms. The number of aliphatic hydroxyl groups is 2. The lowest BCUT2D eigenvalue weighted by molar-refractivity contribution is -0.202. The molecule has 9 heteroatoms. The van der Waals surface area contributed by atoms with Gasteiger partial charge in [-0.15, -0.1) is 0 Å². The van der Waals surface area contributed by atoms with Gasteiger partial charge in [-0.25, -0.2) is 4.79 Å². The van der Waals surface area contributed by atoms with Crippen molar-refractivity contribution in [2.75, 3.05) is 0 Å². The maximum atomic E-state index is 14.0. The van der Waals surface area contributed by atoms with E-state index in [-0.39, 0.29) is 16.7 Å². The number of esters is 2. The molecule has 3 aromatic carbocycles. The lowest BCUT2D eigenvalue weighted by Crippen LogP contribution is -2.69. The van der Waals surface area contributed by atoms with E-state index >= 15 is 0 Å². The van der Waals surface area contributed by atoms with Crippen LogP contribution in [-0.4, -0.2) is 63.4 Å². The van der Waals surface area contributed by atoms with Gasteiger partial charge in [0.2, 0.25) is 23.5 Å². The van der Waals surface area contributed by atoms with Crippen molar-refractivity contribution in [3.05, 3.63) is 108 Å². The minimum absolute atomic E-state index is 0.110. The summed E-state index contributed by atoms with van der Waals surface area (Å²) < 4.78 is 24.3. The Morgan fingerprint density at radius 1 is 0.789 bits per heavy atom. The highest BCUT2D eigenvalue weighted by molar-refractivity contribution is 6.13. The third-order valence-corrected chi connectivity index (χ3v) is 6.25. The number of hydrogen-bond acceptors (Lipinski definition) is 9. The van der Waals surface area contributed by atoms with E-state index in [2.05, 4.69) is 0 Å². The van der Waals surface area contributed by atoms with Crippen LogP contribution in [-0.2, 0) is 19.0 Å². The average Bonchev–Trinajstić information content (AvgIpc) is 3.19. The maximum absolute atomic E-state index is 14.0. The second-order valence-corrected chi connectivity index (χ2v) is 8.73. The van der Waals surface area contributed by atoms with E-state index in [0.29, 0.717) is 0 Å². The van der Waals surface area contributed by atoms with E-state index < -0.39 is 60.1 Å². The summed E-state index contributed by atoms with van der Waals surface area (Å²) in [5.41, 5.74) is -6.48. The van der Waals surface area contributed by atoms with E-state index in [1.54, 1.807) is 30.3 Å². The summed E-state index contributed by atoms with van der Waals surface area (Å²) >= 11 is 0. The van der Waals surface area contributed by atoms with Gasteiger partial charge in [0, 0.05) is 19.4 Å². The lowest BCUT2D eigenvalue weighted by atomic mass is 9.70. The second kappa shape index (κ2) is 10.7. The van der Waals surface area contributed by atoms with Gasteiger partial charge in [-0.3, -0.25) is 14.4 Å². The first kappa shape index (κ1) is 25.5. The van der Waals surface area contributed by atoms with Crippen LogP contribution in [0.5, 0.6) is 0 Å². The molecule has 9 nitrogen and oxygen atoms in total. The molecule has 1 heterocycles. The molecule has 2 N–H and O–H groups in total. The monoisotopic (exact) mass is 519 g/mol. The van der Waals surface area contributed by atoms with E-state index in [9.17, 15) is 29.4 Å². The van der Waals surface area contributed by atoms with Crippen molar-refractivity contribution in [1.82, 2.24) is 0 Å². The third-order valence-electron chi connectivity index (χ3n) is 6.25. The quantitative estimate of drug-likeness (QED) is 0.340. The summed E-state index contributed by atoms with van der Waals surface area (Å²) in [7, 11) is 0. The predicted molar refractivity (Wildman–Crippen MR) is 133 cm³/mol. The van der Waals surface area contributed by atoms with Crippen molar-refractivity contribution in [3.8, 4) is 0 Å². The number of benzene rings is 3. The number of carbonyl (C=O) groups excluding carboxylic acids is 4. The summed E-state index contributed by atoms with van der Waals surface area (Å²) in [4.78, 5) is 52.6. The minimum Gasteiger partial charge on any atom is -0.456 e. The smallest absolute Gasteiger partial charge is 0.338 e. The average molecular weight is 520 g/mol. The Labute approximate surface area is 220 Å². The van der Waals surface area contributed by atoms with Gasteiger partial charge >= 0.3 is 11.9 Å². The number of Topliss-reactive ketones (excluding diaryl/α,β-unsaturated/α-hetero) is 2. The fourth-order valence-corrected chi connectivity index (χ4v) is 4.39. The largest absolute Gasteiger partial charge is 0.456 e. The molecule has 0 aromatic heterocycles. The van der Waals surface area contributed by atoms with Crippen LogP contribution in [0.4, 0.5) is 0 Å². The van der Waals surface area contributed by atoms with Crippen molar-refractivity contribution in [3.63, 3.8) is 0 Å². The number of carbonyl (C=O) groups is 4. The standard InChI is InChI=1S/C29H26O9/c1-18(36-26(33)22-16-10-5-11-17-22)25-28(34,23(31)20-12-6-3-7-13-20)29(35,27(38-25)37-19(2)30)24(32)21-14-8-4-9-15-21/h3-18,25,27,34-35H,1-2H3/t18?,25-,27?,28-,29+/m1/s1/i1D. The zero-order valence-electron chi connectivity index (χ0n) is 21.4. The van der Waals surface area contributed by atoms with Crippen LogP contribution in [0, 0.1) is 0 Å². The Balaban J connectivity index is 1.88. The zero-order chi connectivity index (χ0) is 28.2. The predicted octanol–water partition coefficient (Wildman–Crippen LogP) is 2.75. The summed E-state index contributed by atoms with van der Waals surface area (Å²) in [6, 6.07) is 22.3. The molecule has 1 saturated heterocycles. The molecule has 1 fully saturated rings. The third kappa shape index (κ3) is 4.63. The highest BCUT2D eigenvalue weighted by Gasteiger charge is 2.76. The summed E-state index contributed by atoms with van der Waals surface area (Å²) in [5.74, 6) is -4.23. The Hall–Kier alpha value is -4.18. The van der Waals surface area contributed by atoms with E-state index in [1.807, 2.05) is 0 Å². The summed E-state index contributed by atoms with van der Waals surface area (Å²) in [6.07, 6.45) is -5.85. The van der Waals surface area contributed by atoms with Crippen LogP contribution in [0.2, 0.25) is 0 Å². The van der Waals surface area contributed by atoms with Crippen LogP contribution in [0.25, 0.3) is 0 Å². The van der Waals surface area contributed by atoms with Gasteiger partial charge in [-0.1, -0.05) is 78.9 Å². The maximum Gasteiger partial charge on any atom is 0.338 e. The number of ketones is 2. The van der Waals surface area contributed by atoms with Crippen molar-refractivity contribution >= 4 is 23.5 Å². The highest BCUT2D eigenvalue weighted by Crippen LogP contribution is 2.46. The molecule has 0 aliphatic carbocycles. The molecule has 38 heavy (non-hydrogen) atoms. The molecule has 5 atom stereocenters. The summed E-state index contributed by atoms with van der Waals surface area (Å²) in [6.45, 7) is 0.246. The normalized spacial score (nSPS) is 25.6. The van der Waals surface area contributed by atoms with Crippen molar-refractivity contribution in [2.24, 2.45) is 0 Å². The molecular weight excluding hydrogens is 492 g/mol. The van der Waals surface area contributed by atoms with E-state index in [1.165, 1.54) is 60.7 Å². The topological polar surface area (TPSA) is 136 Å². The second-order valence-electron chi connectivity index (χ2n) is 8.73. The first-order valence-corrected chi connectivity index (χ1v) is 11.7. The SMILES string of the molecule is [2H]CC(OC(=O)c1ccccc1)[C@H]1OC(OC(C)=O)[C@@](O)(C(=O)c2ccccc2)[C@@]1(O)C(=O)c1ccccc1. The lowest BCUT2D eigenvalue weighted by Gasteiger charge is -2.38. The minimum atomic E-state index is -3.19. The van der Waals surface area contributed by atoms with Crippen molar-refractivity contribution in [1.29, 1.82) is 0 Å². The van der Waals surface area contributed by atoms with Gasteiger partial charge in [0.05, 0.1) is 5.56 Å². The molecule has 3 aromatic rings. The van der Waals surface area contributed by atoms with Gasteiger partial charge in [-0.05, 0) is 19.0 Å². The Morgan fingerprint density at radius 3 is 1.68 bits per heavy atom. The summed E-state index contributed by atoms with van der Waals surface area (Å²) in [5, 5.41) is 24.2. The molecule has 0 bridgehead atoms. The Bertz CT molecular complexity index is 1350. The van der Waals surface area contributed by atoms with E-state index in [4.69, 9.17) is 15.6 Å². The van der Waals surface area contributed by atoms with Gasteiger partial charge in [-0.2, -0.15) is 0 Å². The van der Waals surface area contributed by atoms with Crippen LogP contribution in [0.15, 0.2) is 91.0 Å². The molecule has 0 radical (unpaired) electrons. The van der Waals surface area contributed by atoms with Crippen LogP contribution >= 0.6 is 0 Å². The first-order chi connectivity index (χ1) is 18.6. The van der Waals surface area contributed by atoms with Crippen molar-refractivity contribution in [2.45, 2.75) is 43.5 Å². The van der Waals surface area contributed by atoms with Gasteiger partial charge in [0.1, 0.15) is 12.2 Å². The molecule has 0 saturated carbocycles. The molecule has 4 rings (SSSR count). The number of ether oxygens (including phenoxy) is 3. The number of hydrogen-bond donors (Lipinski definition) is 2. The number of rotatable bonds is 8. The fraction of sp³-hybridized carbons (Fsp3) is 0.241. The zero-order valence-corrected chi connectivity index (χ0v) is 20.4. The Morgan fingerprint density at radius 2 is 1.24 bits per heavy atom. The van der Waals surface area contributed by atoms with Crippen LogP contribution < -0.4 is 0 Å². The Kier molecular flexibility index (Phi) is 7.15. The van der Waals surface area contributed by atoms with Crippen LogP contribution in [0.3, 0.4) is 0 Å². The van der Waals surface area contributed by atoms with E-state index in [0.717, 1.165) is 6.92 Å². The molecule has 1 aliphatic rings.